The van der Waals surface area contributed by atoms with E-state index in [0.29, 0.717) is 18.0 Å². The van der Waals surface area contributed by atoms with Crippen LogP contribution in [0.25, 0.3) is 5.78 Å². The molecule has 1 aromatic carbocycles. The van der Waals surface area contributed by atoms with E-state index in [9.17, 15) is 9.90 Å². The monoisotopic (exact) mass is 325 g/mol. The lowest BCUT2D eigenvalue weighted by molar-refractivity contribution is -0.129. The Morgan fingerprint density at radius 3 is 2.75 bits per heavy atom. The van der Waals surface area contributed by atoms with Gasteiger partial charge in [-0.2, -0.15) is 4.98 Å². The van der Waals surface area contributed by atoms with Gasteiger partial charge < -0.3 is 10.4 Å². The number of carbonyl (C=O) groups excluding carboxylic acids is 1. The van der Waals surface area contributed by atoms with E-state index in [0.717, 1.165) is 5.56 Å². The van der Waals surface area contributed by atoms with Crippen molar-refractivity contribution in [1.29, 1.82) is 0 Å². The Bertz CT molecular complexity index is 822. The first-order valence-electron chi connectivity index (χ1n) is 7.66. The zero-order chi connectivity index (χ0) is 17.2. The van der Waals surface area contributed by atoms with Gasteiger partial charge in [0.25, 0.3) is 5.78 Å². The number of phenolic OH excluding ortho intramolecular Hbond substituents is 1. The number of nitrogens with zero attached hydrogens (tertiary/aromatic N) is 4. The molecule has 0 bridgehead atoms. The summed E-state index contributed by atoms with van der Waals surface area (Å²) >= 11 is 0. The Balaban J connectivity index is 1.63. The van der Waals surface area contributed by atoms with Gasteiger partial charge in [0, 0.05) is 17.8 Å². The van der Waals surface area contributed by atoms with E-state index in [1.165, 1.54) is 0 Å². The first-order chi connectivity index (χ1) is 11.4. The van der Waals surface area contributed by atoms with Crippen molar-refractivity contribution >= 4 is 11.7 Å². The van der Waals surface area contributed by atoms with Crippen molar-refractivity contribution in [2.75, 3.05) is 0 Å². The number of nitrogens with one attached hydrogen (secondary N) is 1. The zero-order valence-electron chi connectivity index (χ0n) is 13.6. The average Bonchev–Trinajstić information content (AvgIpc) is 2.97. The highest BCUT2D eigenvalue weighted by atomic mass is 16.3. The van der Waals surface area contributed by atoms with Crippen LogP contribution in [0.15, 0.2) is 42.7 Å². The van der Waals surface area contributed by atoms with E-state index in [2.05, 4.69) is 20.4 Å². The predicted molar refractivity (Wildman–Crippen MR) is 88.2 cm³/mol. The standard InChI is InChI=1S/C17H19N5O2/c1-17(2,10-12-4-6-13(23)7-5-12)15(24)19-11-14-20-16-18-8-3-9-22(16)21-14/h3-9,23H,10-11H2,1-2H3,(H,19,24). The predicted octanol–water partition coefficient (Wildman–Crippen LogP) is 1.71. The lowest BCUT2D eigenvalue weighted by Crippen LogP contribution is -2.38. The lowest BCUT2D eigenvalue weighted by atomic mass is 9.85. The molecule has 3 aromatic rings. The zero-order valence-corrected chi connectivity index (χ0v) is 13.6. The molecule has 3 rings (SSSR count). The SMILES string of the molecule is CC(C)(Cc1ccc(O)cc1)C(=O)NCc1nc2ncccn2n1. The summed E-state index contributed by atoms with van der Waals surface area (Å²) in [6.07, 6.45) is 3.97. The maximum atomic E-state index is 12.5. The van der Waals surface area contributed by atoms with Gasteiger partial charge in [0.15, 0.2) is 5.82 Å². The smallest absolute Gasteiger partial charge is 0.252 e. The number of carbonyl (C=O) groups is 1. The first kappa shape index (κ1) is 15.9. The fourth-order valence-corrected chi connectivity index (χ4v) is 2.45. The number of benzene rings is 1. The second kappa shape index (κ2) is 6.27. The van der Waals surface area contributed by atoms with Gasteiger partial charge in [-0.25, -0.2) is 9.50 Å². The molecule has 1 amide bonds. The van der Waals surface area contributed by atoms with Gasteiger partial charge in [-0.1, -0.05) is 26.0 Å². The Kier molecular flexibility index (Phi) is 4.16. The molecule has 2 N–H and O–H groups in total. The van der Waals surface area contributed by atoms with Crippen LogP contribution in [0.2, 0.25) is 0 Å². The van der Waals surface area contributed by atoms with Gasteiger partial charge in [-0.15, -0.1) is 5.10 Å². The second-order valence-electron chi connectivity index (χ2n) is 6.30. The molecule has 2 aromatic heterocycles. The van der Waals surface area contributed by atoms with Crippen molar-refractivity contribution in [1.82, 2.24) is 24.9 Å². The number of rotatable bonds is 5. The minimum atomic E-state index is -0.589. The molecule has 24 heavy (non-hydrogen) atoms. The van der Waals surface area contributed by atoms with E-state index in [1.807, 2.05) is 26.0 Å². The van der Waals surface area contributed by atoms with Crippen molar-refractivity contribution in [3.63, 3.8) is 0 Å². The molecular weight excluding hydrogens is 306 g/mol. The average molecular weight is 325 g/mol. The number of amides is 1. The third kappa shape index (κ3) is 3.51. The Morgan fingerprint density at radius 1 is 1.29 bits per heavy atom. The first-order valence-corrected chi connectivity index (χ1v) is 7.66. The van der Waals surface area contributed by atoms with Crippen molar-refractivity contribution < 1.29 is 9.90 Å². The van der Waals surface area contributed by atoms with Gasteiger partial charge in [0.1, 0.15) is 5.75 Å². The second-order valence-corrected chi connectivity index (χ2v) is 6.30. The number of aromatic hydroxyl groups is 1. The summed E-state index contributed by atoms with van der Waals surface area (Å²) < 4.78 is 1.57. The summed E-state index contributed by atoms with van der Waals surface area (Å²) in [7, 11) is 0. The van der Waals surface area contributed by atoms with Crippen LogP contribution in [0.5, 0.6) is 5.75 Å². The van der Waals surface area contributed by atoms with E-state index < -0.39 is 5.41 Å². The minimum Gasteiger partial charge on any atom is -0.508 e. The summed E-state index contributed by atoms with van der Waals surface area (Å²) in [5.74, 6) is 1.16. The summed E-state index contributed by atoms with van der Waals surface area (Å²) in [4.78, 5) is 20.8. The fraction of sp³-hybridized carbons (Fsp3) is 0.294. The van der Waals surface area contributed by atoms with E-state index in [4.69, 9.17) is 0 Å². The summed E-state index contributed by atoms with van der Waals surface area (Å²) in [5, 5.41) is 16.5. The number of hydrogen-bond acceptors (Lipinski definition) is 5. The molecule has 0 saturated heterocycles. The van der Waals surface area contributed by atoms with Gasteiger partial charge >= 0.3 is 0 Å². The van der Waals surface area contributed by atoms with Crippen molar-refractivity contribution in [2.24, 2.45) is 5.41 Å². The largest absolute Gasteiger partial charge is 0.508 e. The van der Waals surface area contributed by atoms with Gasteiger partial charge in [0.2, 0.25) is 5.91 Å². The van der Waals surface area contributed by atoms with Crippen LogP contribution in [0, 0.1) is 5.41 Å². The summed E-state index contributed by atoms with van der Waals surface area (Å²) in [6.45, 7) is 4.02. The molecule has 7 nitrogen and oxygen atoms in total. The van der Waals surface area contributed by atoms with Crippen LogP contribution >= 0.6 is 0 Å². The highest BCUT2D eigenvalue weighted by Gasteiger charge is 2.28. The molecule has 0 saturated carbocycles. The molecule has 0 aliphatic carbocycles. The van der Waals surface area contributed by atoms with Gasteiger partial charge in [0.05, 0.1) is 6.54 Å². The van der Waals surface area contributed by atoms with Crippen LogP contribution in [-0.4, -0.2) is 30.6 Å². The molecule has 2 heterocycles. The normalized spacial score (nSPS) is 11.6. The maximum Gasteiger partial charge on any atom is 0.252 e. The van der Waals surface area contributed by atoms with Crippen LogP contribution < -0.4 is 5.32 Å². The Morgan fingerprint density at radius 2 is 2.04 bits per heavy atom. The van der Waals surface area contributed by atoms with E-state index in [-0.39, 0.29) is 18.2 Å². The molecule has 0 radical (unpaired) electrons. The molecule has 7 heteroatoms. The molecule has 0 aliphatic heterocycles. The van der Waals surface area contributed by atoms with Crippen LogP contribution in [0.3, 0.4) is 0 Å². The summed E-state index contributed by atoms with van der Waals surface area (Å²) in [5.41, 5.74) is 0.400. The van der Waals surface area contributed by atoms with Crippen molar-refractivity contribution in [2.45, 2.75) is 26.8 Å². The van der Waals surface area contributed by atoms with Gasteiger partial charge in [-0.05, 0) is 30.2 Å². The number of fused-ring (bicyclic) bond motifs is 1. The van der Waals surface area contributed by atoms with Crippen LogP contribution in [-0.2, 0) is 17.8 Å². The van der Waals surface area contributed by atoms with Crippen molar-refractivity contribution in [3.8, 4) is 5.75 Å². The minimum absolute atomic E-state index is 0.0811. The number of phenols is 1. The highest BCUT2D eigenvalue weighted by molar-refractivity contribution is 5.82. The van der Waals surface area contributed by atoms with Gasteiger partial charge in [-0.3, -0.25) is 4.79 Å². The molecule has 124 valence electrons. The summed E-state index contributed by atoms with van der Waals surface area (Å²) in [6, 6.07) is 8.65. The molecule has 0 spiro atoms. The number of hydrogen-bond donors (Lipinski definition) is 2. The fourth-order valence-electron chi connectivity index (χ4n) is 2.45. The van der Waals surface area contributed by atoms with E-state index in [1.54, 1.807) is 35.1 Å². The lowest BCUT2D eigenvalue weighted by Gasteiger charge is -2.23. The molecule has 0 fully saturated rings. The van der Waals surface area contributed by atoms with Crippen molar-refractivity contribution in [3.05, 3.63) is 54.1 Å². The molecule has 0 unspecified atom stereocenters. The number of aromatic nitrogens is 4. The molecule has 0 aliphatic rings. The third-order valence-electron chi connectivity index (χ3n) is 3.76. The van der Waals surface area contributed by atoms with E-state index >= 15 is 0 Å². The Hall–Kier alpha value is -2.96. The third-order valence-corrected chi connectivity index (χ3v) is 3.76. The Labute approximate surface area is 139 Å². The molecule has 0 atom stereocenters. The highest BCUT2D eigenvalue weighted by Crippen LogP contribution is 2.23. The molecular formula is C17H19N5O2. The quantitative estimate of drug-likeness (QED) is 0.745. The van der Waals surface area contributed by atoms with Crippen LogP contribution in [0.1, 0.15) is 25.2 Å². The maximum absolute atomic E-state index is 12.5. The topological polar surface area (TPSA) is 92.4 Å². The van der Waals surface area contributed by atoms with Crippen LogP contribution in [0.4, 0.5) is 0 Å².